The summed E-state index contributed by atoms with van der Waals surface area (Å²) < 4.78 is 5.80. The Balaban J connectivity index is 1.46. The van der Waals surface area contributed by atoms with Crippen LogP contribution in [-0.2, 0) is 22.5 Å². The van der Waals surface area contributed by atoms with Crippen LogP contribution in [0.2, 0.25) is 5.02 Å². The second-order valence-electron chi connectivity index (χ2n) is 7.64. The van der Waals surface area contributed by atoms with Crippen molar-refractivity contribution in [2.75, 3.05) is 13.7 Å². The SMILES string of the molecule is COC(=O)c1ccc2c(=O)n(CCCCCC(=O)NCCc3ccccc3Cl)c(=O)[nH]c2c1. The van der Waals surface area contributed by atoms with Crippen LogP contribution in [0.25, 0.3) is 10.9 Å². The van der Waals surface area contributed by atoms with Crippen molar-refractivity contribution in [3.8, 4) is 0 Å². The number of unbranched alkanes of at least 4 members (excludes halogenated alkanes) is 2. The van der Waals surface area contributed by atoms with Crippen molar-refractivity contribution in [3.63, 3.8) is 0 Å². The number of aromatic amines is 1. The van der Waals surface area contributed by atoms with Crippen LogP contribution in [0.1, 0.15) is 41.6 Å². The maximum absolute atomic E-state index is 12.7. The quantitative estimate of drug-likeness (QED) is 0.349. The number of nitrogens with one attached hydrogen (secondary N) is 2. The van der Waals surface area contributed by atoms with Gasteiger partial charge < -0.3 is 15.0 Å². The van der Waals surface area contributed by atoms with E-state index in [1.165, 1.54) is 25.3 Å². The lowest BCUT2D eigenvalue weighted by Crippen LogP contribution is -2.35. The van der Waals surface area contributed by atoms with E-state index in [-0.39, 0.29) is 23.5 Å². The number of benzene rings is 2. The number of halogens is 1. The van der Waals surface area contributed by atoms with E-state index in [2.05, 4.69) is 15.0 Å². The Kier molecular flexibility index (Phi) is 8.43. The van der Waals surface area contributed by atoms with Gasteiger partial charge in [0.05, 0.1) is 23.6 Å². The smallest absolute Gasteiger partial charge is 0.337 e. The molecule has 8 nitrogen and oxygen atoms in total. The Morgan fingerprint density at radius 1 is 1.09 bits per heavy atom. The molecule has 0 aliphatic carbocycles. The maximum atomic E-state index is 12.7. The molecule has 2 N–H and O–H groups in total. The molecule has 1 aromatic heterocycles. The Bertz CT molecular complexity index is 1260. The third kappa shape index (κ3) is 6.32. The number of esters is 1. The predicted octanol–water partition coefficient (Wildman–Crippen LogP) is 3.05. The topological polar surface area (TPSA) is 110 Å². The normalized spacial score (nSPS) is 10.8. The summed E-state index contributed by atoms with van der Waals surface area (Å²) in [5.41, 5.74) is 0.585. The predicted molar refractivity (Wildman–Crippen MR) is 127 cm³/mol. The van der Waals surface area contributed by atoms with Crippen molar-refractivity contribution < 1.29 is 14.3 Å². The van der Waals surface area contributed by atoms with Crippen LogP contribution in [0, 0.1) is 0 Å². The van der Waals surface area contributed by atoms with Gasteiger partial charge in [-0.3, -0.25) is 14.2 Å². The Morgan fingerprint density at radius 2 is 1.88 bits per heavy atom. The van der Waals surface area contributed by atoms with Gasteiger partial charge in [0.15, 0.2) is 0 Å². The number of carbonyl (C=O) groups is 2. The number of nitrogens with zero attached hydrogens (tertiary/aromatic N) is 1. The molecule has 9 heteroatoms. The third-order valence-corrected chi connectivity index (χ3v) is 5.73. The average Bonchev–Trinajstić information content (AvgIpc) is 2.81. The van der Waals surface area contributed by atoms with Gasteiger partial charge in [-0.25, -0.2) is 9.59 Å². The van der Waals surface area contributed by atoms with Gasteiger partial charge in [0.2, 0.25) is 5.91 Å². The molecule has 0 bridgehead atoms. The zero-order valence-electron chi connectivity index (χ0n) is 18.4. The van der Waals surface area contributed by atoms with Crippen molar-refractivity contribution in [2.45, 2.75) is 38.6 Å². The number of amides is 1. The molecule has 0 aliphatic rings. The third-order valence-electron chi connectivity index (χ3n) is 5.36. The van der Waals surface area contributed by atoms with E-state index in [1.54, 1.807) is 0 Å². The van der Waals surface area contributed by atoms with Gasteiger partial charge in [0, 0.05) is 24.5 Å². The van der Waals surface area contributed by atoms with Gasteiger partial charge in [-0.15, -0.1) is 0 Å². The highest BCUT2D eigenvalue weighted by Gasteiger charge is 2.11. The van der Waals surface area contributed by atoms with Crippen molar-refractivity contribution in [2.24, 2.45) is 0 Å². The summed E-state index contributed by atoms with van der Waals surface area (Å²) in [6, 6.07) is 12.0. The molecule has 0 spiro atoms. The molecule has 0 saturated heterocycles. The fraction of sp³-hybridized carbons (Fsp3) is 0.333. The molecule has 1 amide bonds. The minimum Gasteiger partial charge on any atom is -0.465 e. The molecule has 3 aromatic rings. The van der Waals surface area contributed by atoms with E-state index in [0.717, 1.165) is 10.1 Å². The Morgan fingerprint density at radius 3 is 2.64 bits per heavy atom. The summed E-state index contributed by atoms with van der Waals surface area (Å²) in [6.45, 7) is 0.763. The first-order valence-electron chi connectivity index (χ1n) is 10.8. The second kappa shape index (κ2) is 11.5. The largest absolute Gasteiger partial charge is 0.465 e. The summed E-state index contributed by atoms with van der Waals surface area (Å²) in [6.07, 6.45) is 2.98. The van der Waals surface area contributed by atoms with Crippen molar-refractivity contribution in [3.05, 3.63) is 79.5 Å². The molecular formula is C24H26ClN3O5. The van der Waals surface area contributed by atoms with Gasteiger partial charge in [0.1, 0.15) is 0 Å². The fourth-order valence-corrected chi connectivity index (χ4v) is 3.79. The van der Waals surface area contributed by atoms with Crippen LogP contribution in [0.3, 0.4) is 0 Å². The van der Waals surface area contributed by atoms with Crippen molar-refractivity contribution in [1.82, 2.24) is 14.9 Å². The maximum Gasteiger partial charge on any atom is 0.337 e. The highest BCUT2D eigenvalue weighted by atomic mass is 35.5. The van der Waals surface area contributed by atoms with Crippen LogP contribution in [0.5, 0.6) is 0 Å². The minimum atomic E-state index is -0.546. The standard InChI is InChI=1S/C24H26ClN3O5/c1-33-23(31)17-10-11-18-20(15-17)27-24(32)28(22(18)30)14-6-2-3-9-21(29)26-13-12-16-7-4-5-8-19(16)25/h4-5,7-8,10-11,15H,2-3,6,9,12-14H2,1H3,(H,26,29)(H,27,32). The second-order valence-corrected chi connectivity index (χ2v) is 8.05. The summed E-state index contributed by atoms with van der Waals surface area (Å²) in [5.74, 6) is -0.584. The lowest BCUT2D eigenvalue weighted by atomic mass is 10.1. The molecule has 0 aliphatic heterocycles. The molecule has 3 rings (SSSR count). The number of aromatic nitrogens is 2. The van der Waals surface area contributed by atoms with Crippen LogP contribution in [0.15, 0.2) is 52.1 Å². The first-order valence-corrected chi connectivity index (χ1v) is 11.1. The highest BCUT2D eigenvalue weighted by Crippen LogP contribution is 2.15. The molecule has 33 heavy (non-hydrogen) atoms. The Hall–Kier alpha value is -3.39. The fourth-order valence-electron chi connectivity index (χ4n) is 3.56. The van der Waals surface area contributed by atoms with Crippen molar-refractivity contribution in [1.29, 1.82) is 0 Å². The molecule has 0 saturated carbocycles. The van der Waals surface area contributed by atoms with Gasteiger partial charge in [-0.1, -0.05) is 36.2 Å². The minimum absolute atomic E-state index is 0.0378. The number of carbonyl (C=O) groups excluding carboxylic acids is 2. The van der Waals surface area contributed by atoms with Crippen LogP contribution >= 0.6 is 11.6 Å². The molecule has 174 valence electrons. The van der Waals surface area contributed by atoms with Crippen LogP contribution < -0.4 is 16.6 Å². The number of methoxy groups -OCH3 is 1. The van der Waals surface area contributed by atoms with Gasteiger partial charge in [0.25, 0.3) is 5.56 Å². The van der Waals surface area contributed by atoms with Crippen LogP contribution in [-0.4, -0.2) is 35.1 Å². The number of H-pyrrole nitrogens is 1. The summed E-state index contributed by atoms with van der Waals surface area (Å²) in [5, 5.41) is 3.89. The summed E-state index contributed by atoms with van der Waals surface area (Å²) >= 11 is 6.11. The molecule has 0 radical (unpaired) electrons. The molecule has 2 aromatic carbocycles. The molecule has 0 unspecified atom stereocenters. The van der Waals surface area contributed by atoms with E-state index in [9.17, 15) is 19.2 Å². The van der Waals surface area contributed by atoms with E-state index >= 15 is 0 Å². The lowest BCUT2D eigenvalue weighted by Gasteiger charge is -2.08. The number of hydrogen-bond acceptors (Lipinski definition) is 5. The first kappa shape index (κ1) is 24.3. The summed E-state index contributed by atoms with van der Waals surface area (Å²) in [7, 11) is 1.26. The van der Waals surface area contributed by atoms with E-state index in [1.807, 2.05) is 24.3 Å². The van der Waals surface area contributed by atoms with Crippen LogP contribution in [0.4, 0.5) is 0 Å². The van der Waals surface area contributed by atoms with Crippen molar-refractivity contribution >= 4 is 34.4 Å². The molecular weight excluding hydrogens is 446 g/mol. The van der Waals surface area contributed by atoms with E-state index in [0.29, 0.717) is 49.1 Å². The van der Waals surface area contributed by atoms with Gasteiger partial charge in [-0.2, -0.15) is 0 Å². The van der Waals surface area contributed by atoms with Gasteiger partial charge in [-0.05, 0) is 49.1 Å². The van der Waals surface area contributed by atoms with Gasteiger partial charge >= 0.3 is 11.7 Å². The van der Waals surface area contributed by atoms with E-state index < -0.39 is 17.2 Å². The molecule has 0 fully saturated rings. The highest BCUT2D eigenvalue weighted by molar-refractivity contribution is 6.31. The molecule has 1 heterocycles. The average molecular weight is 472 g/mol. The summed E-state index contributed by atoms with van der Waals surface area (Å²) in [4.78, 5) is 51.3. The molecule has 0 atom stereocenters. The lowest BCUT2D eigenvalue weighted by molar-refractivity contribution is -0.121. The zero-order chi connectivity index (χ0) is 23.8. The number of rotatable bonds is 10. The zero-order valence-corrected chi connectivity index (χ0v) is 19.1. The first-order chi connectivity index (χ1) is 15.9. The number of ether oxygens (including phenoxy) is 1. The number of fused-ring (bicyclic) bond motifs is 1. The Labute approximate surface area is 195 Å². The monoisotopic (exact) mass is 471 g/mol. The number of hydrogen-bond donors (Lipinski definition) is 2. The van der Waals surface area contributed by atoms with E-state index in [4.69, 9.17) is 11.6 Å².